The Bertz CT molecular complexity index is 842. The first-order chi connectivity index (χ1) is 9.65. The first-order valence-electron chi connectivity index (χ1n) is 6.16. The van der Waals surface area contributed by atoms with Gasteiger partial charge in [-0.3, -0.25) is 9.59 Å². The van der Waals surface area contributed by atoms with Crippen molar-refractivity contribution in [1.82, 2.24) is 4.98 Å². The van der Waals surface area contributed by atoms with E-state index in [0.29, 0.717) is 5.52 Å². The predicted molar refractivity (Wildman–Crippen MR) is 75.9 cm³/mol. The molecule has 1 aliphatic carbocycles. The molecular weight excluding hydrogens is 254 g/mol. The molecule has 3 rings (SSSR count). The van der Waals surface area contributed by atoms with Crippen molar-refractivity contribution in [3.05, 3.63) is 58.8 Å². The molecule has 0 N–H and O–H groups in total. The minimum atomic E-state index is -0.524. The van der Waals surface area contributed by atoms with Gasteiger partial charge in [0, 0.05) is 23.9 Å². The minimum Gasteiger partial charge on any atom is -0.422 e. The molecule has 0 saturated heterocycles. The molecule has 1 aromatic carbocycles. The molecule has 0 spiro atoms. The number of nitrogens with zero attached hydrogens (tertiary/aromatic N) is 1. The molecule has 0 fully saturated rings. The van der Waals surface area contributed by atoms with Crippen LogP contribution in [0.3, 0.4) is 0 Å². The highest BCUT2D eigenvalue weighted by atomic mass is 16.5. The predicted octanol–water partition coefficient (Wildman–Crippen LogP) is 2.63. The van der Waals surface area contributed by atoms with E-state index in [1.807, 2.05) is 30.3 Å². The van der Waals surface area contributed by atoms with Gasteiger partial charge in [-0.05, 0) is 18.2 Å². The van der Waals surface area contributed by atoms with Crippen molar-refractivity contribution in [3.63, 3.8) is 0 Å². The van der Waals surface area contributed by atoms with E-state index in [4.69, 9.17) is 4.74 Å². The molecular formula is C16H11NO3. The molecule has 0 aromatic heterocycles. The summed E-state index contributed by atoms with van der Waals surface area (Å²) in [5.41, 5.74) is 2.07. The van der Waals surface area contributed by atoms with Crippen LogP contribution in [0, 0.1) is 0 Å². The number of rotatable bonds is 1. The number of fused-ring (bicyclic) bond motifs is 3. The summed E-state index contributed by atoms with van der Waals surface area (Å²) < 4.78 is 4.94. The Balaban J connectivity index is 2.36. The topological polar surface area (TPSA) is 56.3 Å². The van der Waals surface area contributed by atoms with Crippen molar-refractivity contribution in [1.29, 1.82) is 0 Å². The second kappa shape index (κ2) is 4.74. The van der Waals surface area contributed by atoms with Crippen molar-refractivity contribution in [3.8, 4) is 17.0 Å². The molecule has 4 nitrogen and oxygen atoms in total. The third-order valence-electron chi connectivity index (χ3n) is 2.99. The maximum atomic E-state index is 11.9. The first-order valence-corrected chi connectivity index (χ1v) is 6.16. The normalized spacial score (nSPS) is 10.7. The van der Waals surface area contributed by atoms with Gasteiger partial charge in [0.15, 0.2) is 5.75 Å². The SMILES string of the molecule is CC(=O)Oc1cc2nc3cccccc-3c2ccc1=O. The van der Waals surface area contributed by atoms with Crippen LogP contribution < -0.4 is 10.2 Å². The van der Waals surface area contributed by atoms with Gasteiger partial charge in [-0.15, -0.1) is 0 Å². The van der Waals surface area contributed by atoms with Crippen LogP contribution in [0.15, 0.2) is 53.3 Å². The molecule has 1 heterocycles. The summed E-state index contributed by atoms with van der Waals surface area (Å²) in [6.45, 7) is 1.26. The van der Waals surface area contributed by atoms with Crippen molar-refractivity contribution < 1.29 is 9.53 Å². The lowest BCUT2D eigenvalue weighted by atomic mass is 10.1. The van der Waals surface area contributed by atoms with Gasteiger partial charge >= 0.3 is 5.97 Å². The summed E-state index contributed by atoms with van der Waals surface area (Å²) in [5, 5.41) is 0.853. The zero-order valence-corrected chi connectivity index (χ0v) is 10.8. The van der Waals surface area contributed by atoms with Crippen LogP contribution in [0.1, 0.15) is 6.92 Å². The molecule has 98 valence electrons. The van der Waals surface area contributed by atoms with Gasteiger partial charge in [-0.2, -0.15) is 0 Å². The smallest absolute Gasteiger partial charge is 0.308 e. The van der Waals surface area contributed by atoms with Crippen molar-refractivity contribution >= 4 is 16.9 Å². The minimum absolute atomic E-state index is 0.000295. The summed E-state index contributed by atoms with van der Waals surface area (Å²) in [6, 6.07) is 14.2. The van der Waals surface area contributed by atoms with Crippen LogP contribution in [0.25, 0.3) is 22.2 Å². The van der Waals surface area contributed by atoms with Crippen molar-refractivity contribution in [2.24, 2.45) is 0 Å². The monoisotopic (exact) mass is 265 g/mol. The van der Waals surface area contributed by atoms with E-state index in [9.17, 15) is 9.59 Å². The second-order valence-electron chi connectivity index (χ2n) is 4.42. The van der Waals surface area contributed by atoms with E-state index in [1.165, 1.54) is 19.1 Å². The maximum Gasteiger partial charge on any atom is 0.308 e. The largest absolute Gasteiger partial charge is 0.422 e. The lowest BCUT2D eigenvalue weighted by molar-refractivity contribution is -0.131. The molecule has 0 unspecified atom stereocenters. The quantitative estimate of drug-likeness (QED) is 0.635. The van der Waals surface area contributed by atoms with E-state index in [0.717, 1.165) is 16.6 Å². The molecule has 0 radical (unpaired) electrons. The average molecular weight is 265 g/mol. The highest BCUT2D eigenvalue weighted by molar-refractivity contribution is 5.97. The third kappa shape index (κ3) is 2.12. The number of aromatic nitrogens is 1. The van der Waals surface area contributed by atoms with E-state index in [2.05, 4.69) is 4.98 Å². The van der Waals surface area contributed by atoms with Gasteiger partial charge in [-0.1, -0.05) is 24.3 Å². The Labute approximate surface area is 115 Å². The van der Waals surface area contributed by atoms with Crippen LogP contribution >= 0.6 is 0 Å². The zero-order chi connectivity index (χ0) is 14.1. The average Bonchev–Trinajstić information content (AvgIpc) is 2.56. The van der Waals surface area contributed by atoms with Crippen LogP contribution in [0.4, 0.5) is 0 Å². The molecule has 1 aliphatic heterocycles. The summed E-state index contributed by atoms with van der Waals surface area (Å²) in [6.07, 6.45) is 0. The van der Waals surface area contributed by atoms with Crippen LogP contribution in [-0.4, -0.2) is 11.0 Å². The van der Waals surface area contributed by atoms with E-state index in [1.54, 1.807) is 6.07 Å². The summed E-state index contributed by atoms with van der Waals surface area (Å²) in [7, 11) is 0. The fourth-order valence-corrected chi connectivity index (χ4v) is 2.15. The van der Waals surface area contributed by atoms with E-state index < -0.39 is 5.97 Å². The molecule has 2 aliphatic rings. The van der Waals surface area contributed by atoms with E-state index in [-0.39, 0.29) is 11.2 Å². The lowest BCUT2D eigenvalue weighted by Crippen LogP contribution is -2.08. The van der Waals surface area contributed by atoms with Gasteiger partial charge in [0.05, 0.1) is 11.2 Å². The molecule has 0 saturated carbocycles. The Morgan fingerprint density at radius 3 is 2.70 bits per heavy atom. The highest BCUT2D eigenvalue weighted by Gasteiger charge is 2.11. The molecule has 0 bridgehead atoms. The number of hydrogen-bond donors (Lipinski definition) is 0. The number of carbonyl (C=O) groups excluding carboxylic acids is 1. The molecule has 1 aromatic rings. The zero-order valence-electron chi connectivity index (χ0n) is 10.8. The van der Waals surface area contributed by atoms with Crippen molar-refractivity contribution in [2.75, 3.05) is 0 Å². The maximum absolute atomic E-state index is 11.9. The summed E-state index contributed by atoms with van der Waals surface area (Å²) in [4.78, 5) is 27.4. The Hall–Kier alpha value is -2.75. The van der Waals surface area contributed by atoms with E-state index >= 15 is 0 Å². The molecule has 0 amide bonds. The number of carbonyl (C=O) groups is 1. The Morgan fingerprint density at radius 2 is 1.90 bits per heavy atom. The lowest BCUT2D eigenvalue weighted by Gasteiger charge is -1.94. The standard InChI is InChI=1S/C16H11NO3/c1-10(18)20-16-9-14-12(7-8-15(16)19)11-5-3-2-4-6-13(11)17-14/h2-9H,1H3. The fraction of sp³-hybridized carbons (Fsp3) is 0.0625. The fourth-order valence-electron chi connectivity index (χ4n) is 2.15. The van der Waals surface area contributed by atoms with Crippen molar-refractivity contribution in [2.45, 2.75) is 6.92 Å². The number of esters is 1. The Kier molecular flexibility index (Phi) is 2.91. The number of hydrogen-bond acceptors (Lipinski definition) is 4. The third-order valence-corrected chi connectivity index (χ3v) is 2.99. The highest BCUT2D eigenvalue weighted by Crippen LogP contribution is 2.29. The van der Waals surface area contributed by atoms with Gasteiger partial charge in [0.2, 0.25) is 5.43 Å². The van der Waals surface area contributed by atoms with Crippen LogP contribution in [0.5, 0.6) is 5.75 Å². The van der Waals surface area contributed by atoms with Gasteiger partial charge in [-0.25, -0.2) is 4.98 Å². The second-order valence-corrected chi connectivity index (χ2v) is 4.42. The molecule has 4 heteroatoms. The van der Waals surface area contributed by atoms with Gasteiger partial charge in [0.25, 0.3) is 0 Å². The molecule has 0 atom stereocenters. The van der Waals surface area contributed by atoms with Gasteiger partial charge in [0.1, 0.15) is 0 Å². The number of ether oxygens (including phenoxy) is 1. The van der Waals surface area contributed by atoms with Gasteiger partial charge < -0.3 is 4.74 Å². The molecule has 20 heavy (non-hydrogen) atoms. The first kappa shape index (κ1) is 12.3. The summed E-state index contributed by atoms with van der Waals surface area (Å²) >= 11 is 0. The Morgan fingerprint density at radius 1 is 1.10 bits per heavy atom. The van der Waals surface area contributed by atoms with Crippen LogP contribution in [-0.2, 0) is 4.79 Å². The summed E-state index contributed by atoms with van der Waals surface area (Å²) in [5.74, 6) is -0.524. The van der Waals surface area contributed by atoms with Crippen LogP contribution in [0.2, 0.25) is 0 Å².